The summed E-state index contributed by atoms with van der Waals surface area (Å²) in [5.41, 5.74) is 0.494. The largest absolute Gasteiger partial charge is 0.508 e. The first kappa shape index (κ1) is 11.8. The molecule has 0 saturated carbocycles. The van der Waals surface area contributed by atoms with Gasteiger partial charge in [-0.1, -0.05) is 17.7 Å². The molecule has 0 aliphatic heterocycles. The van der Waals surface area contributed by atoms with Crippen LogP contribution >= 0.6 is 11.6 Å². The molecule has 0 fully saturated rings. The van der Waals surface area contributed by atoms with Crippen LogP contribution in [0.15, 0.2) is 18.2 Å². The Bertz CT molecular complexity index is 364. The molecule has 0 spiro atoms. The van der Waals surface area contributed by atoms with Crippen molar-refractivity contribution in [2.45, 2.75) is 12.5 Å². The van der Waals surface area contributed by atoms with Crippen molar-refractivity contribution in [3.63, 3.8) is 0 Å². The van der Waals surface area contributed by atoms with E-state index in [1.54, 1.807) is 12.1 Å². The first-order valence-corrected chi connectivity index (χ1v) is 4.65. The third kappa shape index (κ3) is 3.11. The van der Waals surface area contributed by atoms with Crippen molar-refractivity contribution in [3.05, 3.63) is 28.8 Å². The monoisotopic (exact) mass is 230 g/mol. The Balaban J connectivity index is 2.84. The molecule has 0 aliphatic rings. The zero-order valence-corrected chi connectivity index (χ0v) is 8.86. The minimum Gasteiger partial charge on any atom is -0.508 e. The minimum absolute atomic E-state index is 0.0224. The van der Waals surface area contributed by atoms with E-state index in [0.717, 1.165) is 0 Å². The molecule has 1 aromatic rings. The molecule has 0 aromatic heterocycles. The van der Waals surface area contributed by atoms with Gasteiger partial charge in [0.05, 0.1) is 0 Å². The third-order valence-corrected chi connectivity index (χ3v) is 2.25. The van der Waals surface area contributed by atoms with Gasteiger partial charge in [-0.2, -0.15) is 0 Å². The molecule has 1 rings (SSSR count). The minimum atomic E-state index is -1.06. The summed E-state index contributed by atoms with van der Waals surface area (Å²) in [6.07, 6.45) is -0.855. The maximum atomic E-state index is 10.7. The van der Waals surface area contributed by atoms with Gasteiger partial charge in [0.2, 0.25) is 0 Å². The van der Waals surface area contributed by atoms with Gasteiger partial charge in [0, 0.05) is 18.6 Å². The van der Waals surface area contributed by atoms with Crippen molar-refractivity contribution in [2.75, 3.05) is 7.11 Å². The summed E-state index contributed by atoms with van der Waals surface area (Å²) in [7, 11) is 1.31. The average molecular weight is 231 g/mol. The summed E-state index contributed by atoms with van der Waals surface area (Å²) in [6.45, 7) is 0. The van der Waals surface area contributed by atoms with Crippen molar-refractivity contribution >= 4 is 17.6 Å². The van der Waals surface area contributed by atoms with Crippen molar-refractivity contribution in [1.29, 1.82) is 0 Å². The number of carbonyl (C=O) groups is 1. The van der Waals surface area contributed by atoms with Crippen LogP contribution in [-0.2, 0) is 16.0 Å². The number of aliphatic carboxylic acids is 1. The van der Waals surface area contributed by atoms with Crippen molar-refractivity contribution in [1.82, 2.24) is 0 Å². The molecule has 5 heteroatoms. The maximum Gasteiger partial charge on any atom is 0.333 e. The Labute approximate surface area is 92.1 Å². The lowest BCUT2D eigenvalue weighted by molar-refractivity contribution is -0.148. The number of methoxy groups -OCH3 is 1. The van der Waals surface area contributed by atoms with Crippen LogP contribution in [-0.4, -0.2) is 29.4 Å². The van der Waals surface area contributed by atoms with Crippen molar-refractivity contribution in [3.8, 4) is 5.75 Å². The van der Waals surface area contributed by atoms with E-state index in [1.807, 2.05) is 0 Å². The lowest BCUT2D eigenvalue weighted by Crippen LogP contribution is -2.24. The lowest BCUT2D eigenvalue weighted by atomic mass is 10.1. The standard InChI is InChI=1S/C10H11ClO4/c1-15-9(10(13)14)4-6-2-3-7(11)5-8(6)12/h2-3,5,9,12H,4H2,1H3,(H,13,14). The van der Waals surface area contributed by atoms with Crippen LogP contribution in [0.25, 0.3) is 0 Å². The van der Waals surface area contributed by atoms with E-state index >= 15 is 0 Å². The zero-order chi connectivity index (χ0) is 11.4. The molecule has 0 amide bonds. The summed E-state index contributed by atoms with van der Waals surface area (Å²) >= 11 is 5.64. The molecule has 0 bridgehead atoms. The molecule has 1 atom stereocenters. The lowest BCUT2D eigenvalue weighted by Gasteiger charge is -2.11. The highest BCUT2D eigenvalue weighted by molar-refractivity contribution is 6.30. The first-order chi connectivity index (χ1) is 7.04. The van der Waals surface area contributed by atoms with Gasteiger partial charge >= 0.3 is 5.97 Å². The van der Waals surface area contributed by atoms with E-state index in [4.69, 9.17) is 21.4 Å². The summed E-state index contributed by atoms with van der Waals surface area (Å²) < 4.78 is 4.76. The Morgan fingerprint density at radius 3 is 2.73 bits per heavy atom. The SMILES string of the molecule is COC(Cc1ccc(Cl)cc1O)C(=O)O. The molecule has 1 aromatic carbocycles. The summed E-state index contributed by atoms with van der Waals surface area (Å²) in [5.74, 6) is -1.09. The van der Waals surface area contributed by atoms with Crippen LogP contribution in [0, 0.1) is 0 Å². The molecule has 0 aliphatic carbocycles. The van der Waals surface area contributed by atoms with Gasteiger partial charge in [-0.25, -0.2) is 4.79 Å². The molecular formula is C10H11ClO4. The smallest absolute Gasteiger partial charge is 0.333 e. The van der Waals surface area contributed by atoms with E-state index in [-0.39, 0.29) is 12.2 Å². The molecule has 0 heterocycles. The molecule has 15 heavy (non-hydrogen) atoms. The Morgan fingerprint density at radius 2 is 2.27 bits per heavy atom. The number of carboxylic acids is 1. The van der Waals surface area contributed by atoms with Gasteiger partial charge in [-0.15, -0.1) is 0 Å². The number of aromatic hydroxyl groups is 1. The van der Waals surface area contributed by atoms with Crippen LogP contribution in [0.5, 0.6) is 5.75 Å². The highest BCUT2D eigenvalue weighted by Crippen LogP contribution is 2.23. The number of halogens is 1. The van der Waals surface area contributed by atoms with E-state index < -0.39 is 12.1 Å². The van der Waals surface area contributed by atoms with Crippen LogP contribution in [0.1, 0.15) is 5.56 Å². The number of ether oxygens (including phenoxy) is 1. The van der Waals surface area contributed by atoms with Crippen molar-refractivity contribution in [2.24, 2.45) is 0 Å². The van der Waals surface area contributed by atoms with E-state index in [9.17, 15) is 9.90 Å². The molecule has 82 valence electrons. The Kier molecular flexibility index (Phi) is 3.94. The Morgan fingerprint density at radius 1 is 1.60 bits per heavy atom. The van der Waals surface area contributed by atoms with Gasteiger partial charge in [-0.3, -0.25) is 0 Å². The average Bonchev–Trinajstić information content (AvgIpc) is 2.16. The van der Waals surface area contributed by atoms with Gasteiger partial charge in [-0.05, 0) is 17.7 Å². The normalized spacial score (nSPS) is 12.4. The second-order valence-corrected chi connectivity index (χ2v) is 3.48. The van der Waals surface area contributed by atoms with Crippen LogP contribution in [0.2, 0.25) is 5.02 Å². The molecule has 0 radical (unpaired) electrons. The fraction of sp³-hybridized carbons (Fsp3) is 0.300. The Hall–Kier alpha value is -1.26. The van der Waals surface area contributed by atoms with E-state index in [1.165, 1.54) is 13.2 Å². The van der Waals surface area contributed by atoms with E-state index in [2.05, 4.69) is 0 Å². The summed E-state index contributed by atoms with van der Waals surface area (Å²) in [5, 5.41) is 18.6. The van der Waals surface area contributed by atoms with Gasteiger partial charge < -0.3 is 14.9 Å². The molecule has 0 saturated heterocycles. The van der Waals surface area contributed by atoms with Crippen molar-refractivity contribution < 1.29 is 19.7 Å². The number of rotatable bonds is 4. The highest BCUT2D eigenvalue weighted by atomic mass is 35.5. The zero-order valence-electron chi connectivity index (χ0n) is 8.11. The number of hydrogen-bond acceptors (Lipinski definition) is 3. The molecule has 4 nitrogen and oxygen atoms in total. The topological polar surface area (TPSA) is 66.8 Å². The van der Waals surface area contributed by atoms with Gasteiger partial charge in [0.15, 0.2) is 6.10 Å². The maximum absolute atomic E-state index is 10.7. The summed E-state index contributed by atoms with van der Waals surface area (Å²) in [6, 6.07) is 4.53. The van der Waals surface area contributed by atoms with E-state index in [0.29, 0.717) is 10.6 Å². The number of carboxylic acid groups (broad SMARTS) is 1. The molecule has 2 N–H and O–H groups in total. The van der Waals surface area contributed by atoms with Crippen LogP contribution in [0.4, 0.5) is 0 Å². The number of phenolic OH excluding ortho intramolecular Hbond substituents is 1. The first-order valence-electron chi connectivity index (χ1n) is 4.27. The van der Waals surface area contributed by atoms with Gasteiger partial charge in [0.1, 0.15) is 5.75 Å². The van der Waals surface area contributed by atoms with Crippen LogP contribution in [0.3, 0.4) is 0 Å². The quantitative estimate of drug-likeness (QED) is 0.826. The highest BCUT2D eigenvalue weighted by Gasteiger charge is 2.18. The second kappa shape index (κ2) is 5.00. The number of phenols is 1. The predicted molar refractivity (Wildman–Crippen MR) is 55.3 cm³/mol. The van der Waals surface area contributed by atoms with Gasteiger partial charge in [0.25, 0.3) is 0 Å². The third-order valence-electron chi connectivity index (χ3n) is 2.01. The molecule has 1 unspecified atom stereocenters. The molecular weight excluding hydrogens is 220 g/mol. The number of hydrogen-bond donors (Lipinski definition) is 2. The number of benzene rings is 1. The fourth-order valence-corrected chi connectivity index (χ4v) is 1.35. The van der Waals surface area contributed by atoms with Crippen LogP contribution < -0.4 is 0 Å². The second-order valence-electron chi connectivity index (χ2n) is 3.04. The predicted octanol–water partition coefficient (Wildman–Crippen LogP) is 1.69. The fourth-order valence-electron chi connectivity index (χ4n) is 1.18. The summed E-state index contributed by atoms with van der Waals surface area (Å²) in [4.78, 5) is 10.7.